The minimum Gasteiger partial charge on any atom is -0.496 e. The minimum atomic E-state index is -3.13. The molecule has 2 saturated heterocycles. The number of nitrogens with zero attached hydrogens (tertiary/aromatic N) is 2. The molecule has 2 fully saturated rings. The number of methoxy groups -OCH3 is 1. The molecule has 8 nitrogen and oxygen atoms in total. The number of carbonyl (C=O) groups is 2. The quantitative estimate of drug-likeness (QED) is 0.740. The predicted molar refractivity (Wildman–Crippen MR) is 102 cm³/mol. The van der Waals surface area contributed by atoms with Gasteiger partial charge in [-0.2, -0.15) is 4.99 Å². The molecule has 2 heterocycles. The molecule has 2 atom stereocenters. The number of ether oxygens (including phenoxy) is 1. The van der Waals surface area contributed by atoms with Crippen LogP contribution in [0.5, 0.6) is 5.75 Å². The molecule has 1 aromatic carbocycles. The molecule has 2 aliphatic heterocycles. The average molecular weight is 412 g/mol. The number of carboxylic acids is 1. The zero-order valence-electron chi connectivity index (χ0n) is 14.7. The Morgan fingerprint density at radius 3 is 2.74 bits per heavy atom. The van der Waals surface area contributed by atoms with Gasteiger partial charge in [-0.05, 0) is 6.07 Å². The number of fused-ring (bicyclic) bond motifs is 1. The van der Waals surface area contributed by atoms with Crippen LogP contribution < -0.4 is 4.74 Å². The molecule has 1 aromatic rings. The van der Waals surface area contributed by atoms with Crippen LogP contribution in [-0.4, -0.2) is 65.4 Å². The highest BCUT2D eigenvalue weighted by molar-refractivity contribution is 8.15. The second kappa shape index (κ2) is 7.89. The number of rotatable bonds is 6. The highest BCUT2D eigenvalue weighted by atomic mass is 32.2. The average Bonchev–Trinajstić information content (AvgIpc) is 3.06. The number of carbonyl (C=O) groups excluding carboxylic acids is 1. The molecule has 0 aliphatic carbocycles. The third-order valence-corrected chi connectivity index (χ3v) is 7.73. The van der Waals surface area contributed by atoms with Crippen molar-refractivity contribution < 1.29 is 27.9 Å². The lowest BCUT2D eigenvalue weighted by atomic mass is 10.1. The summed E-state index contributed by atoms with van der Waals surface area (Å²) in [6.45, 7) is 0.360. The first-order chi connectivity index (χ1) is 12.8. The summed E-state index contributed by atoms with van der Waals surface area (Å²) in [5.41, 5.74) is 0.858. The molecule has 0 bridgehead atoms. The second-order valence-corrected chi connectivity index (χ2v) is 9.78. The number of thioether (sulfide) groups is 1. The number of para-hydroxylation sites is 1. The second-order valence-electron chi connectivity index (χ2n) is 6.42. The van der Waals surface area contributed by atoms with E-state index in [1.54, 1.807) is 7.11 Å². The van der Waals surface area contributed by atoms with Crippen molar-refractivity contribution in [2.45, 2.75) is 30.7 Å². The van der Waals surface area contributed by atoms with Gasteiger partial charge in [0.1, 0.15) is 5.75 Å². The maximum absolute atomic E-state index is 12.0. The fourth-order valence-corrected chi connectivity index (χ4v) is 7.18. The Labute approximate surface area is 161 Å². The van der Waals surface area contributed by atoms with Crippen molar-refractivity contribution in [2.24, 2.45) is 4.99 Å². The smallest absolute Gasteiger partial charge is 0.303 e. The SMILES string of the molecule is COc1ccccc1CN1C(=NC(=O)CCC(=O)O)S[C@@H]2CS(=O)(=O)C[C@@H]21. The first kappa shape index (κ1) is 19.7. The molecule has 1 N–H and O–H groups in total. The fraction of sp³-hybridized carbons (Fsp3) is 0.471. The lowest BCUT2D eigenvalue weighted by Crippen LogP contribution is -2.37. The van der Waals surface area contributed by atoms with Crippen molar-refractivity contribution in [1.29, 1.82) is 0 Å². The number of amides is 1. The van der Waals surface area contributed by atoms with Gasteiger partial charge < -0.3 is 14.7 Å². The van der Waals surface area contributed by atoms with Crippen LogP contribution in [0, 0.1) is 0 Å². The zero-order valence-corrected chi connectivity index (χ0v) is 16.3. The minimum absolute atomic E-state index is 0.0160. The van der Waals surface area contributed by atoms with Gasteiger partial charge in [-0.3, -0.25) is 9.59 Å². The van der Waals surface area contributed by atoms with Crippen LogP contribution in [-0.2, 0) is 26.0 Å². The summed E-state index contributed by atoms with van der Waals surface area (Å²) in [6.07, 6.45) is -0.469. The van der Waals surface area contributed by atoms with Crippen molar-refractivity contribution in [1.82, 2.24) is 4.90 Å². The number of benzene rings is 1. The van der Waals surface area contributed by atoms with E-state index in [-0.39, 0.29) is 35.6 Å². The summed E-state index contributed by atoms with van der Waals surface area (Å²) >= 11 is 1.27. The molecule has 0 spiro atoms. The topological polar surface area (TPSA) is 113 Å². The number of carboxylic acid groups (broad SMARTS) is 1. The van der Waals surface area contributed by atoms with Crippen molar-refractivity contribution in [3.63, 3.8) is 0 Å². The highest BCUT2D eigenvalue weighted by Gasteiger charge is 2.48. The van der Waals surface area contributed by atoms with E-state index in [9.17, 15) is 18.0 Å². The molecule has 27 heavy (non-hydrogen) atoms. The van der Waals surface area contributed by atoms with Gasteiger partial charge in [-0.25, -0.2) is 8.42 Å². The molecule has 0 saturated carbocycles. The number of amidine groups is 1. The summed E-state index contributed by atoms with van der Waals surface area (Å²) in [5.74, 6) is -0.845. The Hall–Kier alpha value is -2.07. The van der Waals surface area contributed by atoms with Crippen LogP contribution >= 0.6 is 11.8 Å². The van der Waals surface area contributed by atoms with E-state index in [0.29, 0.717) is 17.5 Å². The maximum atomic E-state index is 12.0. The molecule has 10 heteroatoms. The lowest BCUT2D eigenvalue weighted by Gasteiger charge is -2.25. The van der Waals surface area contributed by atoms with E-state index < -0.39 is 21.7 Å². The molecule has 3 rings (SSSR count). The van der Waals surface area contributed by atoms with Crippen molar-refractivity contribution in [3.05, 3.63) is 29.8 Å². The number of sulfone groups is 1. The standard InChI is InChI=1S/C17H20N2O6S2/c1-25-13-5-3-2-4-11(13)8-19-12-9-27(23,24)10-14(12)26-17(19)18-15(20)6-7-16(21)22/h2-5,12,14H,6-10H2,1H3,(H,21,22)/t12-,14+/m0/s1. The van der Waals surface area contributed by atoms with Crippen molar-refractivity contribution in [3.8, 4) is 5.75 Å². The Morgan fingerprint density at radius 1 is 1.30 bits per heavy atom. The van der Waals surface area contributed by atoms with Gasteiger partial charge in [0.05, 0.1) is 31.1 Å². The van der Waals surface area contributed by atoms with Gasteiger partial charge in [0, 0.05) is 23.8 Å². The van der Waals surface area contributed by atoms with Gasteiger partial charge in [0.15, 0.2) is 15.0 Å². The van der Waals surface area contributed by atoms with Crippen LogP contribution in [0.25, 0.3) is 0 Å². The first-order valence-corrected chi connectivity index (χ1v) is 11.1. The van der Waals surface area contributed by atoms with E-state index in [0.717, 1.165) is 5.56 Å². The van der Waals surface area contributed by atoms with Crippen LogP contribution in [0.4, 0.5) is 0 Å². The van der Waals surface area contributed by atoms with E-state index in [1.807, 2.05) is 29.2 Å². The van der Waals surface area contributed by atoms with Gasteiger partial charge in [-0.1, -0.05) is 30.0 Å². The van der Waals surface area contributed by atoms with E-state index in [2.05, 4.69) is 4.99 Å². The first-order valence-electron chi connectivity index (χ1n) is 8.38. The summed E-state index contributed by atoms with van der Waals surface area (Å²) in [5, 5.41) is 8.98. The lowest BCUT2D eigenvalue weighted by molar-refractivity contribution is -0.138. The number of aliphatic imine (C=N–C) groups is 1. The van der Waals surface area contributed by atoms with E-state index >= 15 is 0 Å². The molecule has 0 radical (unpaired) electrons. The maximum Gasteiger partial charge on any atom is 0.303 e. The van der Waals surface area contributed by atoms with Gasteiger partial charge >= 0.3 is 5.97 Å². The Bertz CT molecular complexity index is 883. The number of hydrogen-bond acceptors (Lipinski definition) is 6. The van der Waals surface area contributed by atoms with Gasteiger partial charge in [0.2, 0.25) is 5.91 Å². The van der Waals surface area contributed by atoms with Crippen LogP contribution in [0.15, 0.2) is 29.3 Å². The van der Waals surface area contributed by atoms with Gasteiger partial charge in [0.25, 0.3) is 0 Å². The third-order valence-electron chi connectivity index (χ3n) is 4.48. The molecule has 1 amide bonds. The number of aliphatic carboxylic acids is 1. The summed E-state index contributed by atoms with van der Waals surface area (Å²) in [7, 11) is -1.57. The van der Waals surface area contributed by atoms with E-state index in [4.69, 9.17) is 9.84 Å². The van der Waals surface area contributed by atoms with Gasteiger partial charge in [-0.15, -0.1) is 0 Å². The van der Waals surface area contributed by atoms with Crippen LogP contribution in [0.1, 0.15) is 18.4 Å². The van der Waals surface area contributed by atoms with Crippen molar-refractivity contribution in [2.75, 3.05) is 18.6 Å². The Kier molecular flexibility index (Phi) is 5.75. The fourth-order valence-electron chi connectivity index (χ4n) is 3.21. The number of hydrogen-bond donors (Lipinski definition) is 1. The normalized spacial score (nSPS) is 24.8. The zero-order chi connectivity index (χ0) is 19.6. The van der Waals surface area contributed by atoms with Crippen molar-refractivity contribution >= 4 is 38.6 Å². The Morgan fingerprint density at radius 2 is 2.04 bits per heavy atom. The molecular weight excluding hydrogens is 392 g/mol. The van der Waals surface area contributed by atoms with Crippen LogP contribution in [0.2, 0.25) is 0 Å². The molecular formula is C17H20N2O6S2. The molecule has 0 unspecified atom stereocenters. The predicted octanol–water partition coefficient (Wildman–Crippen LogP) is 1.16. The van der Waals surface area contributed by atoms with Crippen LogP contribution in [0.3, 0.4) is 0 Å². The summed E-state index contributed by atoms with van der Waals surface area (Å²) < 4.78 is 29.4. The Balaban J connectivity index is 1.86. The molecule has 2 aliphatic rings. The highest BCUT2D eigenvalue weighted by Crippen LogP contribution is 2.39. The molecule has 146 valence electrons. The summed E-state index contributed by atoms with van der Waals surface area (Å²) in [4.78, 5) is 28.6. The molecule has 0 aromatic heterocycles. The van der Waals surface area contributed by atoms with E-state index in [1.165, 1.54) is 11.8 Å². The monoisotopic (exact) mass is 412 g/mol. The summed E-state index contributed by atoms with van der Waals surface area (Å²) in [6, 6.07) is 7.13. The third kappa shape index (κ3) is 4.62. The largest absolute Gasteiger partial charge is 0.496 e.